The minimum atomic E-state index is -0.282. The Hall–Kier alpha value is -1.29. The molecule has 1 N–H and O–H groups in total. The molecule has 1 fully saturated rings. The SMILES string of the molecule is CC1COC(C(=O)NCc2ccco2)C1. The molecule has 2 heterocycles. The number of amides is 1. The molecule has 1 aliphatic heterocycles. The molecule has 82 valence electrons. The first-order valence-electron chi connectivity index (χ1n) is 5.17. The highest BCUT2D eigenvalue weighted by Crippen LogP contribution is 2.18. The summed E-state index contributed by atoms with van der Waals surface area (Å²) < 4.78 is 10.5. The predicted molar refractivity (Wildman–Crippen MR) is 54.1 cm³/mol. The first-order valence-corrected chi connectivity index (χ1v) is 5.17. The summed E-state index contributed by atoms with van der Waals surface area (Å²) in [6.45, 7) is 3.19. The van der Waals surface area contributed by atoms with Gasteiger partial charge in [-0.15, -0.1) is 0 Å². The van der Waals surface area contributed by atoms with Crippen LogP contribution in [0.25, 0.3) is 0 Å². The van der Waals surface area contributed by atoms with E-state index >= 15 is 0 Å². The Labute approximate surface area is 88.6 Å². The monoisotopic (exact) mass is 209 g/mol. The van der Waals surface area contributed by atoms with E-state index in [0.717, 1.165) is 12.2 Å². The summed E-state index contributed by atoms with van der Waals surface area (Å²) in [5, 5.41) is 2.79. The molecule has 0 spiro atoms. The number of rotatable bonds is 3. The molecule has 1 saturated heterocycles. The second-order valence-electron chi connectivity index (χ2n) is 3.96. The molecule has 2 unspecified atom stereocenters. The zero-order valence-electron chi connectivity index (χ0n) is 8.73. The average molecular weight is 209 g/mol. The van der Waals surface area contributed by atoms with Gasteiger partial charge in [0.15, 0.2) is 0 Å². The van der Waals surface area contributed by atoms with E-state index in [0.29, 0.717) is 19.1 Å². The lowest BCUT2D eigenvalue weighted by molar-refractivity contribution is -0.130. The minimum absolute atomic E-state index is 0.0456. The fourth-order valence-electron chi connectivity index (χ4n) is 1.67. The quantitative estimate of drug-likeness (QED) is 0.816. The number of hydrogen-bond acceptors (Lipinski definition) is 3. The van der Waals surface area contributed by atoms with Gasteiger partial charge in [-0.2, -0.15) is 0 Å². The van der Waals surface area contributed by atoms with Gasteiger partial charge in [0.25, 0.3) is 0 Å². The summed E-state index contributed by atoms with van der Waals surface area (Å²) in [7, 11) is 0. The van der Waals surface area contributed by atoms with Gasteiger partial charge in [-0.05, 0) is 24.5 Å². The zero-order chi connectivity index (χ0) is 10.7. The first kappa shape index (κ1) is 10.2. The zero-order valence-corrected chi connectivity index (χ0v) is 8.73. The Bertz CT molecular complexity index is 321. The molecular formula is C11H15NO3. The van der Waals surface area contributed by atoms with Crippen LogP contribution in [0.5, 0.6) is 0 Å². The van der Waals surface area contributed by atoms with Gasteiger partial charge in [0.1, 0.15) is 11.9 Å². The predicted octanol–water partition coefficient (Wildman–Crippen LogP) is 1.32. The van der Waals surface area contributed by atoms with E-state index < -0.39 is 0 Å². The second-order valence-corrected chi connectivity index (χ2v) is 3.96. The second kappa shape index (κ2) is 4.49. The van der Waals surface area contributed by atoms with E-state index in [-0.39, 0.29) is 12.0 Å². The summed E-state index contributed by atoms with van der Waals surface area (Å²) in [6.07, 6.45) is 2.12. The minimum Gasteiger partial charge on any atom is -0.467 e. The van der Waals surface area contributed by atoms with Crippen molar-refractivity contribution in [3.63, 3.8) is 0 Å². The van der Waals surface area contributed by atoms with Crippen molar-refractivity contribution >= 4 is 5.91 Å². The summed E-state index contributed by atoms with van der Waals surface area (Å²) in [6, 6.07) is 3.63. The molecular weight excluding hydrogens is 194 g/mol. The van der Waals surface area contributed by atoms with Crippen LogP contribution < -0.4 is 5.32 Å². The highest BCUT2D eigenvalue weighted by molar-refractivity contribution is 5.80. The first-order chi connectivity index (χ1) is 7.25. The molecule has 4 nitrogen and oxygen atoms in total. The Kier molecular flexibility index (Phi) is 3.06. The topological polar surface area (TPSA) is 51.5 Å². The van der Waals surface area contributed by atoms with Crippen molar-refractivity contribution in [2.24, 2.45) is 5.92 Å². The largest absolute Gasteiger partial charge is 0.467 e. The third-order valence-electron chi connectivity index (χ3n) is 2.51. The van der Waals surface area contributed by atoms with Crippen molar-refractivity contribution in [2.75, 3.05) is 6.61 Å². The molecule has 1 aromatic heterocycles. The highest BCUT2D eigenvalue weighted by Gasteiger charge is 2.28. The van der Waals surface area contributed by atoms with E-state index in [4.69, 9.17) is 9.15 Å². The van der Waals surface area contributed by atoms with Crippen molar-refractivity contribution in [3.8, 4) is 0 Å². The summed E-state index contributed by atoms with van der Waals surface area (Å²) in [4.78, 5) is 11.6. The van der Waals surface area contributed by atoms with E-state index in [1.807, 2.05) is 6.07 Å². The lowest BCUT2D eigenvalue weighted by Gasteiger charge is -2.08. The van der Waals surface area contributed by atoms with E-state index in [1.54, 1.807) is 12.3 Å². The fourth-order valence-corrected chi connectivity index (χ4v) is 1.67. The van der Waals surface area contributed by atoms with Crippen LogP contribution in [-0.4, -0.2) is 18.6 Å². The van der Waals surface area contributed by atoms with Crippen LogP contribution >= 0.6 is 0 Å². The third-order valence-corrected chi connectivity index (χ3v) is 2.51. The van der Waals surface area contributed by atoms with E-state index in [2.05, 4.69) is 12.2 Å². The number of furan rings is 1. The summed E-state index contributed by atoms with van der Waals surface area (Å²) in [5.74, 6) is 1.19. The molecule has 0 bridgehead atoms. The molecule has 15 heavy (non-hydrogen) atoms. The lowest BCUT2D eigenvalue weighted by atomic mass is 10.1. The van der Waals surface area contributed by atoms with Gasteiger partial charge in [0, 0.05) is 0 Å². The van der Waals surface area contributed by atoms with Gasteiger partial charge >= 0.3 is 0 Å². The maximum Gasteiger partial charge on any atom is 0.249 e. The standard InChI is InChI=1S/C11H15NO3/c1-8-5-10(15-7-8)11(13)12-6-9-3-2-4-14-9/h2-4,8,10H,5-7H2,1H3,(H,12,13). The maximum atomic E-state index is 11.6. The molecule has 2 rings (SSSR count). The van der Waals surface area contributed by atoms with E-state index in [1.165, 1.54) is 0 Å². The average Bonchev–Trinajstić information content (AvgIpc) is 2.84. The van der Waals surface area contributed by atoms with Crippen molar-refractivity contribution in [3.05, 3.63) is 24.2 Å². The maximum absolute atomic E-state index is 11.6. The Morgan fingerprint density at radius 1 is 1.67 bits per heavy atom. The molecule has 0 aromatic carbocycles. The van der Waals surface area contributed by atoms with Crippen molar-refractivity contribution in [2.45, 2.75) is 26.0 Å². The summed E-state index contributed by atoms with van der Waals surface area (Å²) in [5.41, 5.74) is 0. The third kappa shape index (κ3) is 2.59. The molecule has 2 atom stereocenters. The molecule has 0 saturated carbocycles. The van der Waals surface area contributed by atoms with Gasteiger partial charge in [0.05, 0.1) is 19.4 Å². The fraction of sp³-hybridized carbons (Fsp3) is 0.545. The molecule has 1 aromatic rings. The highest BCUT2D eigenvalue weighted by atomic mass is 16.5. The Morgan fingerprint density at radius 2 is 2.53 bits per heavy atom. The summed E-state index contributed by atoms with van der Waals surface area (Å²) >= 11 is 0. The number of nitrogens with one attached hydrogen (secondary N) is 1. The molecule has 0 radical (unpaired) electrons. The Balaban J connectivity index is 1.78. The van der Waals surface area contributed by atoms with Gasteiger partial charge < -0.3 is 14.5 Å². The van der Waals surface area contributed by atoms with Gasteiger partial charge in [0.2, 0.25) is 5.91 Å². The smallest absolute Gasteiger partial charge is 0.249 e. The Morgan fingerprint density at radius 3 is 3.13 bits per heavy atom. The van der Waals surface area contributed by atoms with Crippen molar-refractivity contribution < 1.29 is 13.9 Å². The van der Waals surface area contributed by atoms with Gasteiger partial charge in [-0.1, -0.05) is 6.92 Å². The van der Waals surface area contributed by atoms with Crippen LogP contribution in [-0.2, 0) is 16.1 Å². The number of hydrogen-bond donors (Lipinski definition) is 1. The number of ether oxygens (including phenoxy) is 1. The van der Waals surface area contributed by atoms with Crippen LogP contribution in [0.4, 0.5) is 0 Å². The number of carbonyl (C=O) groups excluding carboxylic acids is 1. The van der Waals surface area contributed by atoms with Crippen LogP contribution in [0.1, 0.15) is 19.1 Å². The molecule has 4 heteroatoms. The molecule has 1 aliphatic rings. The van der Waals surface area contributed by atoms with Crippen LogP contribution in [0.15, 0.2) is 22.8 Å². The van der Waals surface area contributed by atoms with E-state index in [9.17, 15) is 4.79 Å². The van der Waals surface area contributed by atoms with Crippen molar-refractivity contribution in [1.82, 2.24) is 5.32 Å². The van der Waals surface area contributed by atoms with Gasteiger partial charge in [-0.25, -0.2) is 0 Å². The molecule has 0 aliphatic carbocycles. The number of carbonyl (C=O) groups is 1. The van der Waals surface area contributed by atoms with Crippen molar-refractivity contribution in [1.29, 1.82) is 0 Å². The van der Waals surface area contributed by atoms with Gasteiger partial charge in [-0.3, -0.25) is 4.79 Å². The van der Waals surface area contributed by atoms with Crippen LogP contribution in [0.2, 0.25) is 0 Å². The lowest BCUT2D eigenvalue weighted by Crippen LogP contribution is -2.33. The molecule has 1 amide bonds. The van der Waals surface area contributed by atoms with Crippen LogP contribution in [0, 0.1) is 5.92 Å². The van der Waals surface area contributed by atoms with Crippen LogP contribution in [0.3, 0.4) is 0 Å². The normalized spacial score (nSPS) is 25.4.